The molecule has 1 fully saturated rings. The number of ether oxygens (including phenoxy) is 2. The number of hydrogen-bond donors (Lipinski definition) is 2. The first-order valence-corrected chi connectivity index (χ1v) is 11.7. The first-order chi connectivity index (χ1) is 14.5. The van der Waals surface area contributed by atoms with Crippen LogP contribution in [0.2, 0.25) is 0 Å². The first-order valence-electron chi connectivity index (χ1n) is 10.8. The van der Waals surface area contributed by atoms with Gasteiger partial charge in [0.1, 0.15) is 17.7 Å². The van der Waals surface area contributed by atoms with Crippen LogP contribution in [0, 0.1) is 6.92 Å². The second-order valence-electron chi connectivity index (χ2n) is 8.17. The van der Waals surface area contributed by atoms with E-state index in [0.29, 0.717) is 24.1 Å². The highest BCUT2D eigenvalue weighted by Crippen LogP contribution is 2.28. The highest BCUT2D eigenvalue weighted by molar-refractivity contribution is 7.09. The van der Waals surface area contributed by atoms with Gasteiger partial charge < -0.3 is 24.8 Å². The van der Waals surface area contributed by atoms with Gasteiger partial charge in [0.15, 0.2) is 11.5 Å². The summed E-state index contributed by atoms with van der Waals surface area (Å²) in [5.74, 6) is 1.35. The fourth-order valence-electron chi connectivity index (χ4n) is 3.98. The molecule has 0 spiro atoms. The maximum absolute atomic E-state index is 10.4. The van der Waals surface area contributed by atoms with Gasteiger partial charge >= 0.3 is 0 Å². The summed E-state index contributed by atoms with van der Waals surface area (Å²) in [7, 11) is 3.75. The molecule has 1 aromatic carbocycles. The Hall–Kier alpha value is -1.67. The lowest BCUT2D eigenvalue weighted by atomic mass is 9.94. The van der Waals surface area contributed by atoms with E-state index in [1.807, 2.05) is 25.1 Å². The van der Waals surface area contributed by atoms with Crippen molar-refractivity contribution in [3.8, 4) is 11.5 Å². The summed E-state index contributed by atoms with van der Waals surface area (Å²) in [5, 5.41) is 17.0. The molecule has 7 heteroatoms. The number of aliphatic hydroxyl groups excluding tert-OH is 1. The molecular weight excluding hydrogens is 398 g/mol. The standard InChI is InChI=1S/C23H35N3O3S/c1-17-16-30-23(25-17)13-24-12-18-9-10-21(22(11-18)28-3)29-15-20(27)14-26(2)19-7-5-4-6-8-19/h9-11,16,19-20,24,27H,4-8,12-15H2,1-3H3/t20-/m1/s1. The van der Waals surface area contributed by atoms with E-state index in [4.69, 9.17) is 9.47 Å². The van der Waals surface area contributed by atoms with Gasteiger partial charge in [-0.2, -0.15) is 0 Å². The maximum Gasteiger partial charge on any atom is 0.161 e. The SMILES string of the molecule is COc1cc(CNCc2nc(C)cs2)ccc1OC[C@H](O)CN(C)C1CCCCC1. The number of hydrogen-bond acceptors (Lipinski definition) is 7. The number of nitrogens with one attached hydrogen (secondary N) is 1. The molecule has 0 amide bonds. The minimum atomic E-state index is -0.523. The molecule has 1 aliphatic rings. The lowest BCUT2D eigenvalue weighted by molar-refractivity contribution is 0.0553. The predicted molar refractivity (Wildman–Crippen MR) is 121 cm³/mol. The topological polar surface area (TPSA) is 66.8 Å². The van der Waals surface area contributed by atoms with Gasteiger partial charge in [0.25, 0.3) is 0 Å². The zero-order valence-electron chi connectivity index (χ0n) is 18.4. The molecule has 1 aromatic heterocycles. The number of nitrogens with zero attached hydrogens (tertiary/aromatic N) is 2. The molecule has 0 aliphatic heterocycles. The molecule has 166 valence electrons. The van der Waals surface area contributed by atoms with Crippen LogP contribution < -0.4 is 14.8 Å². The molecule has 0 radical (unpaired) electrons. The smallest absolute Gasteiger partial charge is 0.161 e. The average molecular weight is 434 g/mol. The van der Waals surface area contributed by atoms with E-state index in [-0.39, 0.29) is 6.61 Å². The molecular formula is C23H35N3O3S. The fourth-order valence-corrected chi connectivity index (χ4v) is 4.72. The largest absolute Gasteiger partial charge is 0.493 e. The van der Waals surface area contributed by atoms with Gasteiger partial charge in [-0.3, -0.25) is 0 Å². The van der Waals surface area contributed by atoms with Gasteiger partial charge in [0.2, 0.25) is 0 Å². The second kappa shape index (κ2) is 11.6. The van der Waals surface area contributed by atoms with Crippen molar-refractivity contribution in [3.05, 3.63) is 39.8 Å². The summed E-state index contributed by atoms with van der Waals surface area (Å²) in [6, 6.07) is 6.51. The third kappa shape index (κ3) is 6.94. The average Bonchev–Trinajstić information content (AvgIpc) is 3.18. The Morgan fingerprint density at radius 2 is 2.03 bits per heavy atom. The number of aromatic nitrogens is 1. The minimum Gasteiger partial charge on any atom is -0.493 e. The zero-order valence-corrected chi connectivity index (χ0v) is 19.2. The van der Waals surface area contributed by atoms with Crippen LogP contribution in [-0.4, -0.2) is 54.4 Å². The van der Waals surface area contributed by atoms with E-state index >= 15 is 0 Å². The lowest BCUT2D eigenvalue weighted by Crippen LogP contribution is -2.40. The zero-order chi connectivity index (χ0) is 21.3. The van der Waals surface area contributed by atoms with Gasteiger partial charge in [0, 0.05) is 36.8 Å². The Bertz CT molecular complexity index is 777. The van der Waals surface area contributed by atoms with E-state index in [9.17, 15) is 5.11 Å². The first kappa shape index (κ1) is 23.0. The number of thiazole rings is 1. The normalized spacial score (nSPS) is 16.0. The van der Waals surface area contributed by atoms with Crippen molar-refractivity contribution in [2.24, 2.45) is 0 Å². The number of likely N-dealkylation sites (N-methyl/N-ethyl adjacent to an activating group) is 1. The molecule has 6 nitrogen and oxygen atoms in total. The highest BCUT2D eigenvalue weighted by atomic mass is 32.1. The van der Waals surface area contributed by atoms with Gasteiger partial charge in [0.05, 0.1) is 7.11 Å². The molecule has 3 rings (SSSR count). The van der Waals surface area contributed by atoms with Crippen LogP contribution >= 0.6 is 11.3 Å². The fraction of sp³-hybridized carbons (Fsp3) is 0.609. The van der Waals surface area contributed by atoms with Crippen molar-refractivity contribution in [2.75, 3.05) is 27.3 Å². The molecule has 1 heterocycles. The molecule has 2 aromatic rings. The number of aryl methyl sites for hydroxylation is 1. The quantitative estimate of drug-likeness (QED) is 0.563. The van der Waals surface area contributed by atoms with E-state index in [0.717, 1.165) is 29.4 Å². The van der Waals surface area contributed by atoms with Crippen molar-refractivity contribution in [1.82, 2.24) is 15.2 Å². The van der Waals surface area contributed by atoms with Crippen LogP contribution in [0.3, 0.4) is 0 Å². The van der Waals surface area contributed by atoms with Crippen molar-refractivity contribution in [1.29, 1.82) is 0 Å². The predicted octanol–water partition coefficient (Wildman–Crippen LogP) is 3.75. The van der Waals surface area contributed by atoms with Crippen molar-refractivity contribution in [2.45, 2.75) is 64.3 Å². The Morgan fingerprint density at radius 3 is 2.73 bits per heavy atom. The number of benzene rings is 1. The Kier molecular flexibility index (Phi) is 8.93. The summed E-state index contributed by atoms with van der Waals surface area (Å²) < 4.78 is 11.4. The molecule has 1 aliphatic carbocycles. The van der Waals surface area contributed by atoms with E-state index < -0.39 is 6.10 Å². The summed E-state index contributed by atoms with van der Waals surface area (Å²) in [6.07, 6.45) is 5.87. The molecule has 2 N–H and O–H groups in total. The summed E-state index contributed by atoms with van der Waals surface area (Å²) in [4.78, 5) is 6.75. The van der Waals surface area contributed by atoms with Crippen LogP contribution in [0.1, 0.15) is 48.4 Å². The van der Waals surface area contributed by atoms with E-state index in [1.54, 1.807) is 18.4 Å². The minimum absolute atomic E-state index is 0.258. The number of rotatable bonds is 11. The van der Waals surface area contributed by atoms with Crippen LogP contribution in [0.15, 0.2) is 23.6 Å². The van der Waals surface area contributed by atoms with Crippen molar-refractivity contribution >= 4 is 11.3 Å². The summed E-state index contributed by atoms with van der Waals surface area (Å²) >= 11 is 1.67. The van der Waals surface area contributed by atoms with Gasteiger partial charge in [-0.1, -0.05) is 25.3 Å². The highest BCUT2D eigenvalue weighted by Gasteiger charge is 2.20. The summed E-state index contributed by atoms with van der Waals surface area (Å²) in [6.45, 7) is 4.37. The Balaban J connectivity index is 1.45. The number of methoxy groups -OCH3 is 1. The number of aliphatic hydroxyl groups is 1. The van der Waals surface area contributed by atoms with Crippen molar-refractivity contribution < 1.29 is 14.6 Å². The second-order valence-corrected chi connectivity index (χ2v) is 9.11. The maximum atomic E-state index is 10.4. The molecule has 0 unspecified atom stereocenters. The lowest BCUT2D eigenvalue weighted by Gasteiger charge is -2.32. The third-order valence-electron chi connectivity index (χ3n) is 5.63. The van der Waals surface area contributed by atoms with E-state index in [1.165, 1.54) is 32.1 Å². The van der Waals surface area contributed by atoms with Crippen LogP contribution in [0.25, 0.3) is 0 Å². The van der Waals surface area contributed by atoms with E-state index in [2.05, 4.69) is 27.6 Å². The van der Waals surface area contributed by atoms with Crippen LogP contribution in [-0.2, 0) is 13.1 Å². The van der Waals surface area contributed by atoms with Gasteiger partial charge in [-0.25, -0.2) is 4.98 Å². The molecule has 0 bridgehead atoms. The molecule has 1 atom stereocenters. The Morgan fingerprint density at radius 1 is 1.23 bits per heavy atom. The van der Waals surface area contributed by atoms with Crippen LogP contribution in [0.5, 0.6) is 11.5 Å². The molecule has 30 heavy (non-hydrogen) atoms. The van der Waals surface area contributed by atoms with Gasteiger partial charge in [-0.15, -0.1) is 11.3 Å². The van der Waals surface area contributed by atoms with Crippen molar-refractivity contribution in [3.63, 3.8) is 0 Å². The third-order valence-corrected chi connectivity index (χ3v) is 6.59. The molecule has 1 saturated carbocycles. The summed E-state index contributed by atoms with van der Waals surface area (Å²) in [5.41, 5.74) is 2.18. The monoisotopic (exact) mass is 433 g/mol. The van der Waals surface area contributed by atoms with Gasteiger partial charge in [-0.05, 0) is 44.5 Å². The Labute approximate surface area is 184 Å². The van der Waals surface area contributed by atoms with Crippen LogP contribution in [0.4, 0.5) is 0 Å². The molecule has 0 saturated heterocycles.